The van der Waals surface area contributed by atoms with Crippen LogP contribution in [0.5, 0.6) is 0 Å². The zero-order valence-electron chi connectivity index (χ0n) is 19.3. The van der Waals surface area contributed by atoms with E-state index in [9.17, 15) is 4.79 Å². The number of nitrogens with one attached hydrogen (secondary N) is 1. The fraction of sp³-hybridized carbons (Fsp3) is 0.179. The Kier molecular flexibility index (Phi) is 5.96. The van der Waals surface area contributed by atoms with E-state index in [4.69, 9.17) is 9.72 Å². The van der Waals surface area contributed by atoms with Crippen LogP contribution in [0, 0.1) is 3.83 Å². The summed E-state index contributed by atoms with van der Waals surface area (Å²) in [6.07, 6.45) is 5.41. The first-order valence-corrected chi connectivity index (χ1v) is 12.8. The quantitative estimate of drug-likeness (QED) is 0.173. The van der Waals surface area contributed by atoms with Crippen LogP contribution in [-0.4, -0.2) is 31.1 Å². The summed E-state index contributed by atoms with van der Waals surface area (Å²) < 4.78 is 6.55. The molecule has 178 valence electrons. The largest absolute Gasteiger partial charge is 0.460 e. The van der Waals surface area contributed by atoms with E-state index in [1.807, 2.05) is 54.6 Å². The second-order valence-electron chi connectivity index (χ2n) is 8.99. The van der Waals surface area contributed by atoms with Crippen molar-refractivity contribution < 1.29 is 9.53 Å². The van der Waals surface area contributed by atoms with Gasteiger partial charge < -0.3 is 4.74 Å². The summed E-state index contributed by atoms with van der Waals surface area (Å²) in [7, 11) is 0. The summed E-state index contributed by atoms with van der Waals surface area (Å²) in [5.41, 5.74) is 5.47. The molecular formula is C28H22IN5O2. The molecular weight excluding hydrogens is 565 g/mol. The molecule has 8 heteroatoms. The minimum atomic E-state index is -0.894. The third kappa shape index (κ3) is 4.15. The maximum atomic E-state index is 13.9. The first-order valence-electron chi connectivity index (χ1n) is 11.7. The lowest BCUT2D eigenvalue weighted by Gasteiger charge is -2.35. The minimum absolute atomic E-state index is 0.225. The van der Waals surface area contributed by atoms with Crippen molar-refractivity contribution in [2.75, 3.05) is 0 Å². The van der Waals surface area contributed by atoms with Gasteiger partial charge in [-0.05, 0) is 48.1 Å². The molecule has 0 spiro atoms. The van der Waals surface area contributed by atoms with E-state index in [2.05, 4.69) is 54.9 Å². The van der Waals surface area contributed by atoms with Gasteiger partial charge >= 0.3 is 5.97 Å². The molecule has 0 saturated heterocycles. The monoisotopic (exact) mass is 587 g/mol. The number of carbonyl (C=O) groups is 1. The molecule has 5 aromatic rings. The number of carbonyl (C=O) groups excluding carboxylic acids is 1. The Bertz CT molecular complexity index is 1570. The number of aromatic nitrogens is 5. The molecule has 0 fully saturated rings. The van der Waals surface area contributed by atoms with Gasteiger partial charge in [0.05, 0.1) is 23.0 Å². The maximum absolute atomic E-state index is 13.9. The van der Waals surface area contributed by atoms with Crippen LogP contribution in [0.3, 0.4) is 0 Å². The van der Waals surface area contributed by atoms with Gasteiger partial charge in [-0.25, -0.2) is 9.97 Å². The van der Waals surface area contributed by atoms with Crippen molar-refractivity contribution in [3.05, 3.63) is 105 Å². The van der Waals surface area contributed by atoms with Crippen molar-refractivity contribution in [2.45, 2.75) is 31.3 Å². The summed E-state index contributed by atoms with van der Waals surface area (Å²) in [4.78, 5) is 27.7. The lowest BCUT2D eigenvalue weighted by atomic mass is 9.69. The molecule has 36 heavy (non-hydrogen) atoms. The minimum Gasteiger partial charge on any atom is -0.460 e. The van der Waals surface area contributed by atoms with E-state index >= 15 is 0 Å². The number of aromatic amines is 1. The van der Waals surface area contributed by atoms with Gasteiger partial charge in [0.15, 0.2) is 9.48 Å². The zero-order chi connectivity index (χ0) is 24.5. The Morgan fingerprint density at radius 2 is 1.83 bits per heavy atom. The Morgan fingerprint density at radius 1 is 1.03 bits per heavy atom. The van der Waals surface area contributed by atoms with E-state index in [1.54, 1.807) is 12.4 Å². The highest BCUT2D eigenvalue weighted by Crippen LogP contribution is 2.40. The summed E-state index contributed by atoms with van der Waals surface area (Å²) in [6, 6.07) is 21.9. The van der Waals surface area contributed by atoms with E-state index in [0.717, 1.165) is 34.2 Å². The van der Waals surface area contributed by atoms with E-state index < -0.39 is 5.41 Å². The Balaban J connectivity index is 1.43. The molecule has 6 rings (SSSR count). The molecule has 0 amide bonds. The van der Waals surface area contributed by atoms with Gasteiger partial charge in [-0.15, -0.1) is 0 Å². The number of hydrogen-bond acceptors (Lipinski definition) is 6. The van der Waals surface area contributed by atoms with Gasteiger partial charge in [0.1, 0.15) is 12.0 Å². The number of nitrogens with zero attached hydrogens (tertiary/aromatic N) is 4. The molecule has 7 nitrogen and oxygen atoms in total. The molecule has 1 N–H and O–H groups in total. The lowest BCUT2D eigenvalue weighted by molar-refractivity contribution is -0.153. The molecule has 1 unspecified atom stereocenters. The van der Waals surface area contributed by atoms with Crippen molar-refractivity contribution in [1.29, 1.82) is 0 Å². The van der Waals surface area contributed by atoms with Crippen molar-refractivity contribution in [1.82, 2.24) is 25.1 Å². The third-order valence-corrected chi connectivity index (χ3v) is 7.32. The molecule has 1 aliphatic carbocycles. The topological polar surface area (TPSA) is 93.7 Å². The molecule has 2 aromatic carbocycles. The average molecular weight is 587 g/mol. The van der Waals surface area contributed by atoms with Gasteiger partial charge in [0.25, 0.3) is 0 Å². The number of rotatable bonds is 5. The summed E-state index contributed by atoms with van der Waals surface area (Å²) in [5, 5.41) is 7.88. The van der Waals surface area contributed by atoms with Crippen LogP contribution in [0.15, 0.2) is 79.1 Å². The van der Waals surface area contributed by atoms with Crippen LogP contribution in [0.4, 0.5) is 0 Å². The molecule has 0 aliphatic heterocycles. The van der Waals surface area contributed by atoms with Crippen LogP contribution >= 0.6 is 22.6 Å². The Hall–Kier alpha value is -3.66. The number of hydrogen-bond donors (Lipinski definition) is 1. The number of ether oxygens (including phenoxy) is 1. The SMILES string of the molecule is O=C(OCc1ccccc1)C1(c2cc(-c3nc(I)nc4[nH]ncc34)ccn2)CCc2ccccc2C1. The van der Waals surface area contributed by atoms with Crippen LogP contribution in [-0.2, 0) is 34.4 Å². The van der Waals surface area contributed by atoms with Gasteiger partial charge in [-0.2, -0.15) is 5.10 Å². The first kappa shape index (κ1) is 22.8. The van der Waals surface area contributed by atoms with E-state index in [-0.39, 0.29) is 12.6 Å². The van der Waals surface area contributed by atoms with Crippen LogP contribution in [0.1, 0.15) is 28.8 Å². The number of benzene rings is 2. The third-order valence-electron chi connectivity index (χ3n) is 6.84. The first-order chi connectivity index (χ1) is 17.6. The predicted octanol–water partition coefficient (Wildman–Crippen LogP) is 5.19. The summed E-state index contributed by atoms with van der Waals surface area (Å²) in [6.45, 7) is 0.225. The molecule has 0 bridgehead atoms. The molecule has 3 aromatic heterocycles. The summed E-state index contributed by atoms with van der Waals surface area (Å²) in [5.74, 6) is -0.253. The number of pyridine rings is 1. The second kappa shape index (κ2) is 9.42. The smallest absolute Gasteiger partial charge is 0.318 e. The number of fused-ring (bicyclic) bond motifs is 2. The van der Waals surface area contributed by atoms with Crippen molar-refractivity contribution in [3.8, 4) is 11.3 Å². The second-order valence-corrected chi connectivity index (χ2v) is 9.96. The molecule has 0 saturated carbocycles. The van der Waals surface area contributed by atoms with Crippen LogP contribution in [0.25, 0.3) is 22.3 Å². The number of halogens is 1. The van der Waals surface area contributed by atoms with Gasteiger partial charge in [0.2, 0.25) is 0 Å². The summed E-state index contributed by atoms with van der Waals surface area (Å²) >= 11 is 2.10. The number of H-pyrrole nitrogens is 1. The molecule has 3 heterocycles. The number of esters is 1. The molecule has 1 aliphatic rings. The lowest BCUT2D eigenvalue weighted by Crippen LogP contribution is -2.43. The maximum Gasteiger partial charge on any atom is 0.318 e. The fourth-order valence-electron chi connectivity index (χ4n) is 4.96. The molecule has 1 atom stereocenters. The normalized spacial score (nSPS) is 17.0. The fourth-order valence-corrected chi connectivity index (χ4v) is 5.44. The van der Waals surface area contributed by atoms with Crippen LogP contribution < -0.4 is 0 Å². The predicted molar refractivity (Wildman–Crippen MR) is 144 cm³/mol. The number of aryl methyl sites for hydroxylation is 1. The average Bonchev–Trinajstić information content (AvgIpc) is 3.40. The van der Waals surface area contributed by atoms with Crippen molar-refractivity contribution in [3.63, 3.8) is 0 Å². The highest BCUT2D eigenvalue weighted by atomic mass is 127. The van der Waals surface area contributed by atoms with Gasteiger partial charge in [0, 0.05) is 34.4 Å². The zero-order valence-corrected chi connectivity index (χ0v) is 21.5. The van der Waals surface area contributed by atoms with Crippen LogP contribution in [0.2, 0.25) is 0 Å². The van der Waals surface area contributed by atoms with Crippen molar-refractivity contribution in [2.24, 2.45) is 0 Å². The van der Waals surface area contributed by atoms with Gasteiger partial charge in [-0.3, -0.25) is 14.9 Å². The Morgan fingerprint density at radius 3 is 2.69 bits per heavy atom. The van der Waals surface area contributed by atoms with Gasteiger partial charge in [-0.1, -0.05) is 54.6 Å². The highest BCUT2D eigenvalue weighted by molar-refractivity contribution is 14.1. The highest BCUT2D eigenvalue weighted by Gasteiger charge is 2.45. The van der Waals surface area contributed by atoms with E-state index in [1.165, 1.54) is 5.56 Å². The molecule has 0 radical (unpaired) electrons. The van der Waals surface area contributed by atoms with Crippen molar-refractivity contribution >= 4 is 39.6 Å². The van der Waals surface area contributed by atoms with E-state index in [0.29, 0.717) is 28.0 Å². The Labute approximate surface area is 221 Å². The standard InChI is InChI=1S/C28H22IN5O2/c29-27-32-24(22-16-31-34-25(22)33-27)20-11-13-30-23(14-20)28(12-10-19-8-4-5-9-21(19)15-28)26(35)36-17-18-6-2-1-3-7-18/h1-9,11,13-14,16H,10,12,15,17H2,(H,31,32,33,34).